The van der Waals surface area contributed by atoms with Gasteiger partial charge in [-0.05, 0) is 44.4 Å². The Labute approximate surface area is 124 Å². The Bertz CT molecular complexity index is 493. The number of likely N-dealkylation sites (tertiary alicyclic amines) is 1. The Hall–Kier alpha value is -1.26. The first-order chi connectivity index (χ1) is 9.58. The van der Waals surface area contributed by atoms with E-state index < -0.39 is 0 Å². The Morgan fingerprint density at radius 2 is 2.25 bits per heavy atom. The average molecular weight is 297 g/mol. The summed E-state index contributed by atoms with van der Waals surface area (Å²) in [4.78, 5) is 14.7. The maximum atomic E-state index is 12.8. The Morgan fingerprint density at radius 1 is 1.50 bits per heavy atom. The lowest BCUT2D eigenvalue weighted by Gasteiger charge is -2.40. The molecule has 0 bridgehead atoms. The molecular weight excluding hydrogens is 276 g/mol. The van der Waals surface area contributed by atoms with Crippen LogP contribution in [0.4, 0.5) is 0 Å². The summed E-state index contributed by atoms with van der Waals surface area (Å²) in [5.41, 5.74) is 6.37. The zero-order valence-corrected chi connectivity index (χ0v) is 12.7. The smallest absolute Gasteiger partial charge is 0.258 e. The molecule has 0 aliphatic carbocycles. The van der Waals surface area contributed by atoms with E-state index in [4.69, 9.17) is 22.1 Å². The third kappa shape index (κ3) is 2.91. The molecule has 2 rings (SSSR count). The number of benzene rings is 1. The fraction of sp³-hybridized carbons (Fsp3) is 0.533. The van der Waals surface area contributed by atoms with Gasteiger partial charge in [0.15, 0.2) is 0 Å². The van der Waals surface area contributed by atoms with Crippen molar-refractivity contribution in [2.24, 2.45) is 5.73 Å². The van der Waals surface area contributed by atoms with Gasteiger partial charge in [0.05, 0.1) is 12.7 Å². The number of rotatable bonds is 3. The Morgan fingerprint density at radius 3 is 2.90 bits per heavy atom. The number of ether oxygens (including phenoxy) is 1. The van der Waals surface area contributed by atoms with Gasteiger partial charge in [-0.3, -0.25) is 4.79 Å². The molecule has 1 aromatic rings. The number of nitrogens with zero attached hydrogens (tertiary/aromatic N) is 1. The summed E-state index contributed by atoms with van der Waals surface area (Å²) >= 11 is 5.95. The first-order valence-corrected chi connectivity index (χ1v) is 7.32. The van der Waals surface area contributed by atoms with Crippen molar-refractivity contribution < 1.29 is 9.53 Å². The molecule has 5 heteroatoms. The lowest BCUT2D eigenvalue weighted by Crippen LogP contribution is -2.51. The fourth-order valence-electron chi connectivity index (χ4n) is 2.87. The topological polar surface area (TPSA) is 55.6 Å². The van der Waals surface area contributed by atoms with Crippen LogP contribution in [0, 0.1) is 0 Å². The molecule has 20 heavy (non-hydrogen) atoms. The number of hydrogen-bond acceptors (Lipinski definition) is 3. The number of amides is 1. The highest BCUT2D eigenvalue weighted by Gasteiger charge is 2.32. The van der Waals surface area contributed by atoms with Crippen LogP contribution in [0.25, 0.3) is 0 Å². The molecular formula is C15H21ClN2O2. The van der Waals surface area contributed by atoms with Crippen molar-refractivity contribution in [3.05, 3.63) is 28.8 Å². The number of carbonyl (C=O) groups is 1. The number of methoxy groups -OCH3 is 1. The van der Waals surface area contributed by atoms with Gasteiger partial charge in [-0.15, -0.1) is 0 Å². The maximum Gasteiger partial charge on any atom is 0.258 e. The molecule has 0 aromatic heterocycles. The highest BCUT2D eigenvalue weighted by Crippen LogP contribution is 2.29. The fourth-order valence-corrected chi connectivity index (χ4v) is 3.03. The minimum atomic E-state index is -0.0267. The van der Waals surface area contributed by atoms with Crippen LogP contribution < -0.4 is 10.5 Å². The van der Waals surface area contributed by atoms with Crippen LogP contribution in [0.2, 0.25) is 5.02 Å². The highest BCUT2D eigenvalue weighted by molar-refractivity contribution is 6.30. The second-order valence-corrected chi connectivity index (χ2v) is 5.66. The van der Waals surface area contributed by atoms with Gasteiger partial charge in [-0.25, -0.2) is 0 Å². The van der Waals surface area contributed by atoms with Crippen LogP contribution in [-0.2, 0) is 0 Å². The minimum Gasteiger partial charge on any atom is -0.496 e. The van der Waals surface area contributed by atoms with Gasteiger partial charge in [-0.1, -0.05) is 11.6 Å². The van der Waals surface area contributed by atoms with E-state index in [-0.39, 0.29) is 18.0 Å². The van der Waals surface area contributed by atoms with Crippen molar-refractivity contribution >= 4 is 17.5 Å². The van der Waals surface area contributed by atoms with E-state index in [0.29, 0.717) is 22.9 Å². The van der Waals surface area contributed by atoms with Crippen LogP contribution in [0.1, 0.15) is 36.5 Å². The predicted molar refractivity (Wildman–Crippen MR) is 80.3 cm³/mol. The second-order valence-electron chi connectivity index (χ2n) is 5.23. The summed E-state index contributed by atoms with van der Waals surface area (Å²) in [6.07, 6.45) is 3.09. The van der Waals surface area contributed by atoms with E-state index in [1.165, 1.54) is 0 Å². The van der Waals surface area contributed by atoms with Gasteiger partial charge in [0.2, 0.25) is 0 Å². The van der Waals surface area contributed by atoms with Gasteiger partial charge in [0.25, 0.3) is 5.91 Å². The highest BCUT2D eigenvalue weighted by atomic mass is 35.5. The van der Waals surface area contributed by atoms with E-state index in [1.54, 1.807) is 25.3 Å². The van der Waals surface area contributed by atoms with Crippen molar-refractivity contribution in [1.82, 2.24) is 4.90 Å². The van der Waals surface area contributed by atoms with E-state index >= 15 is 0 Å². The number of carbonyl (C=O) groups excluding carboxylic acids is 1. The molecule has 1 saturated heterocycles. The maximum absolute atomic E-state index is 12.8. The van der Waals surface area contributed by atoms with E-state index in [2.05, 4.69) is 6.92 Å². The van der Waals surface area contributed by atoms with Crippen LogP contribution in [-0.4, -0.2) is 36.5 Å². The molecule has 1 heterocycles. The number of hydrogen-bond donors (Lipinski definition) is 1. The average Bonchev–Trinajstić information content (AvgIpc) is 2.46. The number of nitrogens with two attached hydrogens (primary N) is 1. The first kappa shape index (κ1) is 15.1. The molecule has 2 atom stereocenters. The third-order valence-electron chi connectivity index (χ3n) is 3.93. The molecule has 110 valence electrons. The van der Waals surface area contributed by atoms with Crippen molar-refractivity contribution in [3.8, 4) is 5.75 Å². The first-order valence-electron chi connectivity index (χ1n) is 6.94. The van der Waals surface area contributed by atoms with Crippen molar-refractivity contribution in [3.63, 3.8) is 0 Å². The molecule has 0 spiro atoms. The summed E-state index contributed by atoms with van der Waals surface area (Å²) in [6, 6.07) is 5.40. The predicted octanol–water partition coefficient (Wildman–Crippen LogP) is 2.69. The number of piperidine rings is 1. The van der Waals surface area contributed by atoms with Gasteiger partial charge in [0.1, 0.15) is 5.75 Å². The molecule has 1 aliphatic heterocycles. The second kappa shape index (κ2) is 6.46. The summed E-state index contributed by atoms with van der Waals surface area (Å²) in [5.74, 6) is 0.484. The molecule has 2 N–H and O–H groups in total. The molecule has 1 aliphatic rings. The van der Waals surface area contributed by atoms with Crippen molar-refractivity contribution in [2.45, 2.75) is 38.3 Å². The quantitative estimate of drug-likeness (QED) is 0.933. The SMILES string of the molecule is COc1cc(Cl)ccc1C(=O)N1C(C)CCCC1CN. The lowest BCUT2D eigenvalue weighted by molar-refractivity contribution is 0.0491. The Kier molecular flexibility index (Phi) is 4.89. The third-order valence-corrected chi connectivity index (χ3v) is 4.16. The van der Waals surface area contributed by atoms with Crippen LogP contribution in [0.3, 0.4) is 0 Å². The van der Waals surface area contributed by atoms with Gasteiger partial charge in [0, 0.05) is 23.7 Å². The van der Waals surface area contributed by atoms with Gasteiger partial charge >= 0.3 is 0 Å². The van der Waals surface area contributed by atoms with Crippen LogP contribution in [0.5, 0.6) is 5.75 Å². The van der Waals surface area contributed by atoms with Crippen molar-refractivity contribution in [1.29, 1.82) is 0 Å². The van der Waals surface area contributed by atoms with E-state index in [9.17, 15) is 4.79 Å². The normalized spacial score (nSPS) is 22.7. The molecule has 1 amide bonds. The van der Waals surface area contributed by atoms with Gasteiger partial charge < -0.3 is 15.4 Å². The summed E-state index contributed by atoms with van der Waals surface area (Å²) < 4.78 is 5.28. The minimum absolute atomic E-state index is 0.0267. The van der Waals surface area contributed by atoms with Crippen LogP contribution in [0.15, 0.2) is 18.2 Å². The lowest BCUT2D eigenvalue weighted by atomic mass is 9.95. The molecule has 1 fully saturated rings. The molecule has 0 saturated carbocycles. The molecule has 1 aromatic carbocycles. The van der Waals surface area contributed by atoms with Crippen molar-refractivity contribution in [2.75, 3.05) is 13.7 Å². The monoisotopic (exact) mass is 296 g/mol. The van der Waals surface area contributed by atoms with Gasteiger partial charge in [-0.2, -0.15) is 0 Å². The standard InChI is InChI=1S/C15H21ClN2O2/c1-10-4-3-5-12(9-17)18(10)15(19)13-7-6-11(16)8-14(13)20-2/h6-8,10,12H,3-5,9,17H2,1-2H3. The van der Waals surface area contributed by atoms with Crippen LogP contribution >= 0.6 is 11.6 Å². The van der Waals surface area contributed by atoms with E-state index in [0.717, 1.165) is 19.3 Å². The molecule has 0 radical (unpaired) electrons. The summed E-state index contributed by atoms with van der Waals surface area (Å²) in [5, 5.41) is 0.556. The zero-order chi connectivity index (χ0) is 14.7. The summed E-state index contributed by atoms with van der Waals surface area (Å²) in [6.45, 7) is 2.56. The zero-order valence-electron chi connectivity index (χ0n) is 11.9. The Balaban J connectivity index is 2.33. The summed E-state index contributed by atoms with van der Waals surface area (Å²) in [7, 11) is 1.54. The van der Waals surface area contributed by atoms with E-state index in [1.807, 2.05) is 4.90 Å². The molecule has 4 nitrogen and oxygen atoms in total. The molecule has 2 unspecified atom stereocenters. The largest absolute Gasteiger partial charge is 0.496 e. The number of halogens is 1.